The van der Waals surface area contributed by atoms with Gasteiger partial charge in [-0.1, -0.05) is 12.1 Å². The number of hydrogen-bond donors (Lipinski definition) is 4. The van der Waals surface area contributed by atoms with Crippen molar-refractivity contribution in [2.45, 2.75) is 25.3 Å². The van der Waals surface area contributed by atoms with Crippen LogP contribution in [0.25, 0.3) is 0 Å². The smallest absolute Gasteiger partial charge is 0.154 e. The Labute approximate surface area is 148 Å². The van der Waals surface area contributed by atoms with Gasteiger partial charge in [0.05, 0.1) is 5.54 Å². The van der Waals surface area contributed by atoms with E-state index in [0.29, 0.717) is 11.4 Å². The number of amidine groups is 2. The lowest BCUT2D eigenvalue weighted by Crippen LogP contribution is -2.56. The lowest BCUT2D eigenvalue weighted by molar-refractivity contribution is 0.420. The average Bonchev–Trinajstić information content (AvgIpc) is 2.63. The van der Waals surface area contributed by atoms with E-state index >= 15 is 0 Å². The minimum Gasteiger partial charge on any atom is -0.385 e. The van der Waals surface area contributed by atoms with Crippen LogP contribution in [-0.2, 0) is 0 Å². The summed E-state index contributed by atoms with van der Waals surface area (Å²) in [6, 6.07) is 11.8. The van der Waals surface area contributed by atoms with Crippen LogP contribution in [0, 0.1) is 12.3 Å². The molecule has 0 amide bonds. The van der Waals surface area contributed by atoms with Crippen molar-refractivity contribution in [3.8, 4) is 0 Å². The van der Waals surface area contributed by atoms with Gasteiger partial charge in [0, 0.05) is 23.6 Å². The van der Waals surface area contributed by atoms with E-state index < -0.39 is 5.54 Å². The Kier molecular flexibility index (Phi) is 5.09. The Morgan fingerprint density at radius 3 is 2.64 bits per heavy atom. The minimum atomic E-state index is -0.446. The molecule has 0 bridgehead atoms. The van der Waals surface area contributed by atoms with E-state index in [-0.39, 0.29) is 5.84 Å². The summed E-state index contributed by atoms with van der Waals surface area (Å²) >= 11 is 0. The molecule has 0 atom stereocenters. The van der Waals surface area contributed by atoms with Gasteiger partial charge in [-0.15, -0.1) is 0 Å². The summed E-state index contributed by atoms with van der Waals surface area (Å²) in [5.41, 5.74) is 8.88. The Bertz CT molecular complexity index is 762. The van der Waals surface area contributed by atoms with Crippen LogP contribution in [0.4, 0.5) is 5.69 Å². The Balaban J connectivity index is 1.89. The Morgan fingerprint density at radius 1 is 1.24 bits per heavy atom. The van der Waals surface area contributed by atoms with Crippen molar-refractivity contribution in [2.24, 2.45) is 10.7 Å². The van der Waals surface area contributed by atoms with Crippen LogP contribution in [0.2, 0.25) is 0 Å². The number of nitrogens with two attached hydrogens (primary N) is 1. The molecule has 3 rings (SSSR count). The Morgan fingerprint density at radius 2 is 1.96 bits per heavy atom. The summed E-state index contributed by atoms with van der Waals surface area (Å²) in [5.74, 6) is 0.612. The number of aliphatic imine (C=N–C) groups is 1. The number of aryl methyl sites for hydroxylation is 1. The summed E-state index contributed by atoms with van der Waals surface area (Å²) in [7, 11) is 0. The van der Waals surface area contributed by atoms with Crippen LogP contribution in [0.5, 0.6) is 0 Å². The zero-order chi connectivity index (χ0) is 17.7. The van der Waals surface area contributed by atoms with Gasteiger partial charge < -0.3 is 16.4 Å². The van der Waals surface area contributed by atoms with Crippen LogP contribution >= 0.6 is 0 Å². The topological polar surface area (TPSA) is 99.2 Å². The molecule has 0 radical (unpaired) electrons. The van der Waals surface area contributed by atoms with Gasteiger partial charge in [-0.2, -0.15) is 0 Å². The molecule has 0 spiro atoms. The van der Waals surface area contributed by atoms with Crippen molar-refractivity contribution in [3.63, 3.8) is 0 Å². The highest BCUT2D eigenvalue weighted by Crippen LogP contribution is 2.25. The first-order valence-corrected chi connectivity index (χ1v) is 8.48. The summed E-state index contributed by atoms with van der Waals surface area (Å²) in [4.78, 5) is 8.40. The van der Waals surface area contributed by atoms with E-state index in [1.807, 2.05) is 12.1 Å². The molecule has 1 aliphatic rings. The van der Waals surface area contributed by atoms with Crippen LogP contribution in [0.15, 0.2) is 53.8 Å². The number of nitrogens with one attached hydrogen (secondary N) is 3. The monoisotopic (exact) mass is 336 g/mol. The summed E-state index contributed by atoms with van der Waals surface area (Å²) < 4.78 is 0. The Hall–Kier alpha value is -2.73. The second kappa shape index (κ2) is 7.44. The van der Waals surface area contributed by atoms with Crippen LogP contribution < -0.4 is 16.4 Å². The summed E-state index contributed by atoms with van der Waals surface area (Å²) in [6.07, 6.45) is 4.95. The average molecular weight is 336 g/mol. The number of nitrogens with zero attached hydrogens (tertiary/aromatic N) is 2. The second-order valence-electron chi connectivity index (χ2n) is 6.41. The molecular formula is C19H24N6. The zero-order valence-electron chi connectivity index (χ0n) is 14.4. The molecule has 5 N–H and O–H groups in total. The standard InChI is InChI=1S/C19H24N6/c1-14-3-2-4-16(13-14)25-19(7-11-23-12-8-19)18(21)24-17(20)15-5-9-22-10-6-15/h2-6,9-10,13,23,25H,7-8,11-12H2,1H3,(H3,20,21,24). The van der Waals surface area contributed by atoms with Crippen LogP contribution in [-0.4, -0.2) is 35.3 Å². The molecule has 1 aromatic heterocycles. The fraction of sp³-hybridized carbons (Fsp3) is 0.316. The fourth-order valence-corrected chi connectivity index (χ4v) is 3.10. The molecule has 2 heterocycles. The molecule has 1 saturated heterocycles. The highest BCUT2D eigenvalue weighted by molar-refractivity contribution is 6.07. The number of piperidine rings is 1. The molecule has 25 heavy (non-hydrogen) atoms. The molecule has 1 aromatic carbocycles. The van der Waals surface area contributed by atoms with Gasteiger partial charge >= 0.3 is 0 Å². The van der Waals surface area contributed by atoms with Crippen molar-refractivity contribution >= 4 is 17.4 Å². The van der Waals surface area contributed by atoms with Crippen molar-refractivity contribution in [2.75, 3.05) is 18.4 Å². The fourth-order valence-electron chi connectivity index (χ4n) is 3.10. The highest BCUT2D eigenvalue weighted by atomic mass is 15.1. The molecule has 0 saturated carbocycles. The van der Waals surface area contributed by atoms with E-state index in [0.717, 1.165) is 31.6 Å². The number of hydrogen-bond acceptors (Lipinski definition) is 4. The van der Waals surface area contributed by atoms with Crippen molar-refractivity contribution in [3.05, 3.63) is 59.9 Å². The van der Waals surface area contributed by atoms with E-state index in [1.165, 1.54) is 5.56 Å². The van der Waals surface area contributed by atoms with Crippen LogP contribution in [0.3, 0.4) is 0 Å². The first-order chi connectivity index (χ1) is 12.1. The lowest BCUT2D eigenvalue weighted by atomic mass is 9.86. The largest absolute Gasteiger partial charge is 0.385 e. The maximum absolute atomic E-state index is 8.24. The first kappa shape index (κ1) is 17.1. The summed E-state index contributed by atoms with van der Waals surface area (Å²) in [6.45, 7) is 3.78. The number of rotatable bonds is 4. The van der Waals surface area contributed by atoms with Gasteiger partial charge in [0.1, 0.15) is 5.84 Å². The van der Waals surface area contributed by atoms with E-state index in [1.54, 1.807) is 24.5 Å². The predicted octanol–water partition coefficient (Wildman–Crippen LogP) is 2.31. The second-order valence-corrected chi connectivity index (χ2v) is 6.41. The number of benzene rings is 1. The minimum absolute atomic E-state index is 0.156. The lowest BCUT2D eigenvalue weighted by Gasteiger charge is -2.38. The number of pyridine rings is 1. The van der Waals surface area contributed by atoms with Gasteiger partial charge in [0.2, 0.25) is 0 Å². The maximum atomic E-state index is 8.24. The SMILES string of the molecule is Cc1cccc(NC2(C(N)=NC(=N)c3ccncc3)CCNCC2)c1. The highest BCUT2D eigenvalue weighted by Gasteiger charge is 2.36. The van der Waals surface area contributed by atoms with Crippen molar-refractivity contribution in [1.29, 1.82) is 5.41 Å². The van der Waals surface area contributed by atoms with Crippen molar-refractivity contribution < 1.29 is 0 Å². The normalized spacial score (nSPS) is 17.1. The summed E-state index contributed by atoms with van der Waals surface area (Å²) in [5, 5.41) is 15.2. The third-order valence-electron chi connectivity index (χ3n) is 4.54. The van der Waals surface area contributed by atoms with E-state index in [4.69, 9.17) is 11.1 Å². The number of aromatic nitrogens is 1. The maximum Gasteiger partial charge on any atom is 0.154 e. The third kappa shape index (κ3) is 4.03. The molecular weight excluding hydrogens is 312 g/mol. The van der Waals surface area contributed by atoms with Gasteiger partial charge in [0.15, 0.2) is 5.84 Å². The third-order valence-corrected chi connectivity index (χ3v) is 4.54. The number of anilines is 1. The van der Waals surface area contributed by atoms with E-state index in [2.05, 4.69) is 39.7 Å². The zero-order valence-corrected chi connectivity index (χ0v) is 14.4. The molecule has 1 aliphatic heterocycles. The molecule has 6 heteroatoms. The molecule has 2 aromatic rings. The van der Waals surface area contributed by atoms with Crippen LogP contribution in [0.1, 0.15) is 24.0 Å². The van der Waals surface area contributed by atoms with Gasteiger partial charge in [-0.25, -0.2) is 4.99 Å². The van der Waals surface area contributed by atoms with Gasteiger partial charge in [-0.3, -0.25) is 10.4 Å². The van der Waals surface area contributed by atoms with Gasteiger partial charge in [0.25, 0.3) is 0 Å². The molecule has 1 fully saturated rings. The quantitative estimate of drug-likeness (QED) is 0.508. The molecule has 0 aliphatic carbocycles. The predicted molar refractivity (Wildman–Crippen MR) is 102 cm³/mol. The molecule has 6 nitrogen and oxygen atoms in total. The molecule has 0 unspecified atom stereocenters. The first-order valence-electron chi connectivity index (χ1n) is 8.48. The van der Waals surface area contributed by atoms with Crippen molar-refractivity contribution in [1.82, 2.24) is 10.3 Å². The van der Waals surface area contributed by atoms with E-state index in [9.17, 15) is 0 Å². The molecule has 130 valence electrons. The van der Waals surface area contributed by atoms with Gasteiger partial charge in [-0.05, 0) is 62.7 Å².